The second-order valence-electron chi connectivity index (χ2n) is 7.17. The number of hydrogen-bond donors (Lipinski definition) is 3. The molecule has 0 unspecified atom stereocenters. The van der Waals surface area contributed by atoms with Crippen molar-refractivity contribution in [2.75, 3.05) is 17.2 Å². The summed E-state index contributed by atoms with van der Waals surface area (Å²) < 4.78 is 40.1. The van der Waals surface area contributed by atoms with Crippen molar-refractivity contribution in [3.63, 3.8) is 0 Å². The summed E-state index contributed by atoms with van der Waals surface area (Å²) >= 11 is 0. The molecule has 5 nitrogen and oxygen atoms in total. The van der Waals surface area contributed by atoms with Crippen molar-refractivity contribution >= 4 is 17.5 Å². The molecule has 2 aromatic carbocycles. The van der Waals surface area contributed by atoms with Gasteiger partial charge in [0, 0.05) is 11.6 Å². The summed E-state index contributed by atoms with van der Waals surface area (Å²) in [7, 11) is 0. The number of aliphatic hydroxyl groups excluding tert-OH is 1. The van der Waals surface area contributed by atoms with Crippen LogP contribution in [0.1, 0.15) is 19.4 Å². The lowest BCUT2D eigenvalue weighted by Gasteiger charge is -2.21. The minimum absolute atomic E-state index is 0.0985. The minimum atomic E-state index is -4.50. The summed E-state index contributed by atoms with van der Waals surface area (Å²) in [6, 6.07) is 15.8. The molecule has 30 heavy (non-hydrogen) atoms. The third kappa shape index (κ3) is 5.27. The van der Waals surface area contributed by atoms with Crippen molar-refractivity contribution in [1.29, 1.82) is 0 Å². The lowest BCUT2D eigenvalue weighted by atomic mass is 10.1. The van der Waals surface area contributed by atoms with Crippen LogP contribution in [0.5, 0.6) is 0 Å². The van der Waals surface area contributed by atoms with Crippen LogP contribution in [0.4, 0.5) is 30.6 Å². The van der Waals surface area contributed by atoms with Gasteiger partial charge in [0.2, 0.25) is 5.95 Å². The number of aromatic nitrogens is 2. The van der Waals surface area contributed by atoms with E-state index in [2.05, 4.69) is 20.6 Å². The molecule has 0 aliphatic heterocycles. The van der Waals surface area contributed by atoms with Gasteiger partial charge in [0.1, 0.15) is 5.82 Å². The van der Waals surface area contributed by atoms with E-state index in [4.69, 9.17) is 0 Å². The monoisotopic (exact) mass is 416 g/mol. The molecule has 158 valence electrons. The lowest BCUT2D eigenvalue weighted by molar-refractivity contribution is -0.136. The van der Waals surface area contributed by atoms with E-state index in [9.17, 15) is 18.3 Å². The second-order valence-corrected chi connectivity index (χ2v) is 7.17. The number of nitrogens with zero attached hydrogens (tertiary/aromatic N) is 2. The number of nitrogens with one attached hydrogen (secondary N) is 2. The van der Waals surface area contributed by atoms with Crippen LogP contribution in [-0.4, -0.2) is 27.7 Å². The average molecular weight is 416 g/mol. The predicted molar refractivity (Wildman–Crippen MR) is 112 cm³/mol. The Kier molecular flexibility index (Phi) is 6.56. The van der Waals surface area contributed by atoms with Crippen molar-refractivity contribution in [2.24, 2.45) is 5.92 Å². The summed E-state index contributed by atoms with van der Waals surface area (Å²) in [5.74, 6) is 0.529. The van der Waals surface area contributed by atoms with Gasteiger partial charge >= 0.3 is 6.18 Å². The maximum absolute atomic E-state index is 13.4. The van der Waals surface area contributed by atoms with Crippen LogP contribution in [0.3, 0.4) is 0 Å². The molecule has 0 radical (unpaired) electrons. The highest BCUT2D eigenvalue weighted by Gasteiger charge is 2.33. The minimum Gasteiger partial charge on any atom is -0.394 e. The molecule has 0 amide bonds. The Bertz CT molecular complexity index is 978. The first kappa shape index (κ1) is 21.6. The molecule has 1 heterocycles. The fraction of sp³-hybridized carbons (Fsp3) is 0.273. The molecule has 0 bridgehead atoms. The Labute approximate surface area is 173 Å². The van der Waals surface area contributed by atoms with Crippen LogP contribution < -0.4 is 10.6 Å². The maximum Gasteiger partial charge on any atom is 0.418 e. The van der Waals surface area contributed by atoms with Crippen LogP contribution >= 0.6 is 0 Å². The number of rotatable bonds is 7. The Morgan fingerprint density at radius 3 is 2.27 bits per heavy atom. The standard InChI is InChI=1S/C22H23F3N4O/c1-14(2)19(13-30)28-21-27-18(15-8-4-3-5-9-15)12-20(29-21)26-17-11-7-6-10-16(17)22(23,24)25/h3-12,14,19,30H,13H2,1-2H3,(H2,26,27,28,29)/t19-/m0/s1. The number of alkyl halides is 3. The summed E-state index contributed by atoms with van der Waals surface area (Å²) in [5.41, 5.74) is 0.451. The predicted octanol–water partition coefficient (Wildman–Crippen LogP) is 5.33. The molecule has 0 spiro atoms. The molecule has 8 heteroatoms. The third-order valence-electron chi connectivity index (χ3n) is 4.61. The zero-order valence-corrected chi connectivity index (χ0v) is 16.6. The molecule has 3 aromatic rings. The topological polar surface area (TPSA) is 70.1 Å². The van der Waals surface area contributed by atoms with Crippen molar-refractivity contribution in [1.82, 2.24) is 9.97 Å². The Morgan fingerprint density at radius 2 is 1.63 bits per heavy atom. The van der Waals surface area contributed by atoms with Gasteiger partial charge in [-0.05, 0) is 18.1 Å². The molecular formula is C22H23F3N4O. The van der Waals surface area contributed by atoms with Crippen molar-refractivity contribution < 1.29 is 18.3 Å². The average Bonchev–Trinajstić information content (AvgIpc) is 2.72. The number of anilines is 3. The summed E-state index contributed by atoms with van der Waals surface area (Å²) in [6.07, 6.45) is -4.50. The first-order chi connectivity index (χ1) is 14.3. The van der Waals surface area contributed by atoms with E-state index in [0.717, 1.165) is 11.6 Å². The van der Waals surface area contributed by atoms with E-state index in [-0.39, 0.29) is 36.0 Å². The zero-order chi connectivity index (χ0) is 21.7. The molecule has 0 saturated heterocycles. The van der Waals surface area contributed by atoms with Gasteiger partial charge < -0.3 is 15.7 Å². The Morgan fingerprint density at radius 1 is 0.967 bits per heavy atom. The second kappa shape index (κ2) is 9.13. The quantitative estimate of drug-likeness (QED) is 0.485. The van der Waals surface area contributed by atoms with Gasteiger partial charge in [-0.1, -0.05) is 56.3 Å². The van der Waals surface area contributed by atoms with Crippen LogP contribution in [0.25, 0.3) is 11.3 Å². The van der Waals surface area contributed by atoms with Gasteiger partial charge in [-0.2, -0.15) is 18.2 Å². The molecule has 0 saturated carbocycles. The Balaban J connectivity index is 2.03. The smallest absolute Gasteiger partial charge is 0.394 e. The van der Waals surface area contributed by atoms with E-state index in [0.29, 0.717) is 5.69 Å². The van der Waals surface area contributed by atoms with Crippen molar-refractivity contribution in [3.8, 4) is 11.3 Å². The van der Waals surface area contributed by atoms with E-state index in [1.54, 1.807) is 6.07 Å². The molecule has 3 N–H and O–H groups in total. The molecule has 0 fully saturated rings. The van der Waals surface area contributed by atoms with Crippen molar-refractivity contribution in [3.05, 3.63) is 66.2 Å². The lowest BCUT2D eigenvalue weighted by Crippen LogP contribution is -2.30. The van der Waals surface area contributed by atoms with E-state index >= 15 is 0 Å². The highest BCUT2D eigenvalue weighted by molar-refractivity contribution is 5.69. The first-order valence-corrected chi connectivity index (χ1v) is 9.53. The summed E-state index contributed by atoms with van der Waals surface area (Å²) in [6.45, 7) is 3.75. The zero-order valence-electron chi connectivity index (χ0n) is 16.6. The van der Waals surface area contributed by atoms with E-state index in [1.165, 1.54) is 18.2 Å². The van der Waals surface area contributed by atoms with Crippen LogP contribution in [-0.2, 0) is 6.18 Å². The van der Waals surface area contributed by atoms with Gasteiger partial charge in [-0.15, -0.1) is 0 Å². The first-order valence-electron chi connectivity index (χ1n) is 9.53. The molecule has 3 rings (SSSR count). The van der Waals surface area contributed by atoms with Crippen LogP contribution in [0.2, 0.25) is 0 Å². The normalized spacial score (nSPS) is 12.6. The highest BCUT2D eigenvalue weighted by Crippen LogP contribution is 2.36. The van der Waals surface area contributed by atoms with E-state index < -0.39 is 11.7 Å². The fourth-order valence-corrected chi connectivity index (χ4v) is 2.90. The number of halogens is 3. The van der Waals surface area contributed by atoms with Gasteiger partial charge in [-0.25, -0.2) is 4.98 Å². The molecular weight excluding hydrogens is 393 g/mol. The van der Waals surface area contributed by atoms with Gasteiger partial charge in [0.25, 0.3) is 0 Å². The number of benzene rings is 2. The molecule has 1 atom stereocenters. The Hall–Kier alpha value is -3.13. The number of aliphatic hydroxyl groups is 1. The largest absolute Gasteiger partial charge is 0.418 e. The van der Waals surface area contributed by atoms with Gasteiger partial charge in [0.15, 0.2) is 0 Å². The van der Waals surface area contributed by atoms with Crippen LogP contribution in [0.15, 0.2) is 60.7 Å². The summed E-state index contributed by atoms with van der Waals surface area (Å²) in [4.78, 5) is 8.83. The van der Waals surface area contributed by atoms with Gasteiger partial charge in [0.05, 0.1) is 29.6 Å². The number of hydrogen-bond acceptors (Lipinski definition) is 5. The third-order valence-corrected chi connectivity index (χ3v) is 4.61. The highest BCUT2D eigenvalue weighted by atomic mass is 19.4. The van der Waals surface area contributed by atoms with Crippen molar-refractivity contribution in [2.45, 2.75) is 26.1 Å². The van der Waals surface area contributed by atoms with Crippen LogP contribution in [0, 0.1) is 5.92 Å². The summed E-state index contributed by atoms with van der Waals surface area (Å²) in [5, 5.41) is 15.5. The maximum atomic E-state index is 13.4. The fourth-order valence-electron chi connectivity index (χ4n) is 2.90. The SMILES string of the molecule is CC(C)[C@H](CO)Nc1nc(Nc2ccccc2C(F)(F)F)cc(-c2ccccc2)n1. The molecule has 1 aromatic heterocycles. The number of para-hydroxylation sites is 1. The van der Waals surface area contributed by atoms with E-state index in [1.807, 2.05) is 44.2 Å². The molecule has 0 aliphatic rings. The van der Waals surface area contributed by atoms with Gasteiger partial charge in [-0.3, -0.25) is 0 Å². The molecule has 0 aliphatic carbocycles.